The molecule has 0 aliphatic carbocycles. The molecule has 1 heterocycles. The van der Waals surface area contributed by atoms with Crippen LogP contribution in [0, 0.1) is 0 Å². The molecule has 3 nitrogen and oxygen atoms in total. The lowest BCUT2D eigenvalue weighted by Gasteiger charge is -2.15. The lowest BCUT2D eigenvalue weighted by atomic mass is 9.95. The summed E-state index contributed by atoms with van der Waals surface area (Å²) in [7, 11) is 2.12. The molecule has 2 rings (SSSR count). The largest absolute Gasteiger partial charge is 0.494 e. The Morgan fingerprint density at radius 3 is 2.53 bits per heavy atom. The molecule has 2 N–H and O–H groups in total. The Labute approximate surface area is 104 Å². The molecule has 1 aliphatic heterocycles. The lowest BCUT2D eigenvalue weighted by Crippen LogP contribution is -2.27. The van der Waals surface area contributed by atoms with Gasteiger partial charge in [-0.2, -0.15) is 0 Å². The van der Waals surface area contributed by atoms with Crippen LogP contribution in [-0.2, 0) is 0 Å². The summed E-state index contributed by atoms with van der Waals surface area (Å²) in [6.45, 7) is 4.93. The summed E-state index contributed by atoms with van der Waals surface area (Å²) in [6.07, 6.45) is 1.04. The average molecular weight is 234 g/mol. The van der Waals surface area contributed by atoms with E-state index in [0.717, 1.165) is 31.9 Å². The van der Waals surface area contributed by atoms with Crippen LogP contribution in [0.5, 0.6) is 5.75 Å². The monoisotopic (exact) mass is 234 g/mol. The van der Waals surface area contributed by atoms with Gasteiger partial charge in [0.2, 0.25) is 0 Å². The van der Waals surface area contributed by atoms with Crippen LogP contribution >= 0.6 is 0 Å². The van der Waals surface area contributed by atoms with Crippen molar-refractivity contribution in [2.24, 2.45) is 5.73 Å². The second kappa shape index (κ2) is 5.52. The van der Waals surface area contributed by atoms with E-state index in [0.29, 0.717) is 5.92 Å². The Hall–Kier alpha value is -1.06. The van der Waals surface area contributed by atoms with Crippen LogP contribution in [0.2, 0.25) is 0 Å². The standard InChI is InChI=1S/C14H22N2O/c1-3-8-17-12-6-4-11(5-7-12)13-9-16(2)10-14(13)15/h4-7,13-14H,3,8-10,15H2,1-2H3/t13-,14-/m1/s1. The highest BCUT2D eigenvalue weighted by molar-refractivity contribution is 5.31. The summed E-state index contributed by atoms with van der Waals surface area (Å²) in [5, 5.41) is 0. The van der Waals surface area contributed by atoms with Crippen molar-refractivity contribution < 1.29 is 4.74 Å². The summed E-state index contributed by atoms with van der Waals surface area (Å²) in [6, 6.07) is 8.65. The van der Waals surface area contributed by atoms with E-state index < -0.39 is 0 Å². The molecule has 0 spiro atoms. The molecule has 1 fully saturated rings. The van der Waals surface area contributed by atoms with Crippen LogP contribution in [-0.4, -0.2) is 37.7 Å². The normalized spacial score (nSPS) is 25.1. The molecule has 1 aromatic rings. The molecule has 0 amide bonds. The quantitative estimate of drug-likeness (QED) is 0.864. The lowest BCUT2D eigenvalue weighted by molar-refractivity contribution is 0.317. The second-order valence-corrected chi connectivity index (χ2v) is 4.91. The van der Waals surface area contributed by atoms with E-state index in [4.69, 9.17) is 10.5 Å². The Morgan fingerprint density at radius 1 is 1.29 bits per heavy atom. The first-order chi connectivity index (χ1) is 8.20. The molecule has 0 aromatic heterocycles. The third-order valence-corrected chi connectivity index (χ3v) is 3.33. The maximum absolute atomic E-state index is 6.15. The summed E-state index contributed by atoms with van der Waals surface area (Å²) in [5.74, 6) is 1.41. The van der Waals surface area contributed by atoms with Gasteiger partial charge in [-0.15, -0.1) is 0 Å². The molecule has 94 valence electrons. The molecule has 1 aromatic carbocycles. The van der Waals surface area contributed by atoms with E-state index in [1.807, 2.05) is 0 Å². The van der Waals surface area contributed by atoms with Crippen molar-refractivity contribution >= 4 is 0 Å². The van der Waals surface area contributed by atoms with Gasteiger partial charge < -0.3 is 15.4 Å². The maximum Gasteiger partial charge on any atom is 0.119 e. The van der Waals surface area contributed by atoms with Gasteiger partial charge >= 0.3 is 0 Å². The topological polar surface area (TPSA) is 38.5 Å². The minimum atomic E-state index is 0.252. The van der Waals surface area contributed by atoms with Crippen molar-refractivity contribution in [3.05, 3.63) is 29.8 Å². The van der Waals surface area contributed by atoms with Gasteiger partial charge in [0.15, 0.2) is 0 Å². The first-order valence-electron chi connectivity index (χ1n) is 6.37. The van der Waals surface area contributed by atoms with Gasteiger partial charge in [0.1, 0.15) is 5.75 Å². The first kappa shape index (κ1) is 12.4. The molecule has 3 heteroatoms. The number of ether oxygens (including phenoxy) is 1. The third kappa shape index (κ3) is 2.99. The summed E-state index contributed by atoms with van der Waals surface area (Å²) >= 11 is 0. The summed E-state index contributed by atoms with van der Waals surface area (Å²) in [4.78, 5) is 2.29. The zero-order chi connectivity index (χ0) is 12.3. The van der Waals surface area contributed by atoms with E-state index in [9.17, 15) is 0 Å². The van der Waals surface area contributed by atoms with E-state index in [2.05, 4.69) is 43.1 Å². The highest BCUT2D eigenvalue weighted by Crippen LogP contribution is 2.27. The zero-order valence-corrected chi connectivity index (χ0v) is 10.7. The smallest absolute Gasteiger partial charge is 0.119 e. The Balaban J connectivity index is 2.02. The van der Waals surface area contributed by atoms with E-state index in [1.54, 1.807) is 0 Å². The van der Waals surface area contributed by atoms with Crippen molar-refractivity contribution in [1.29, 1.82) is 0 Å². The van der Waals surface area contributed by atoms with Crippen LogP contribution in [0.25, 0.3) is 0 Å². The number of nitrogens with zero attached hydrogens (tertiary/aromatic N) is 1. The summed E-state index contributed by atoms with van der Waals surface area (Å²) < 4.78 is 5.58. The number of hydrogen-bond acceptors (Lipinski definition) is 3. The van der Waals surface area contributed by atoms with Gasteiger partial charge in [0.25, 0.3) is 0 Å². The van der Waals surface area contributed by atoms with Crippen LogP contribution in [0.15, 0.2) is 24.3 Å². The fraction of sp³-hybridized carbons (Fsp3) is 0.571. The Bertz CT molecular complexity index is 350. The van der Waals surface area contributed by atoms with Crippen molar-refractivity contribution in [2.75, 3.05) is 26.7 Å². The molecule has 2 atom stereocenters. The molecular formula is C14H22N2O. The molecule has 17 heavy (non-hydrogen) atoms. The maximum atomic E-state index is 6.15. The molecule has 0 bridgehead atoms. The molecular weight excluding hydrogens is 212 g/mol. The van der Waals surface area contributed by atoms with Gasteiger partial charge in [-0.05, 0) is 31.2 Å². The number of rotatable bonds is 4. The van der Waals surface area contributed by atoms with Crippen LogP contribution in [0.1, 0.15) is 24.8 Å². The zero-order valence-electron chi connectivity index (χ0n) is 10.7. The van der Waals surface area contributed by atoms with Crippen molar-refractivity contribution in [2.45, 2.75) is 25.3 Å². The van der Waals surface area contributed by atoms with Gasteiger partial charge in [0, 0.05) is 25.0 Å². The fourth-order valence-corrected chi connectivity index (χ4v) is 2.42. The minimum absolute atomic E-state index is 0.252. The van der Waals surface area contributed by atoms with Crippen molar-refractivity contribution in [1.82, 2.24) is 4.90 Å². The molecule has 0 unspecified atom stereocenters. The summed E-state index contributed by atoms with van der Waals surface area (Å²) in [5.41, 5.74) is 7.47. The predicted octanol–water partition coefficient (Wildman–Crippen LogP) is 1.83. The molecule has 0 radical (unpaired) electrons. The fourth-order valence-electron chi connectivity index (χ4n) is 2.42. The van der Waals surface area contributed by atoms with Gasteiger partial charge in [-0.3, -0.25) is 0 Å². The molecule has 0 saturated carbocycles. The third-order valence-electron chi connectivity index (χ3n) is 3.33. The highest BCUT2D eigenvalue weighted by atomic mass is 16.5. The van der Waals surface area contributed by atoms with Crippen molar-refractivity contribution in [3.63, 3.8) is 0 Å². The van der Waals surface area contributed by atoms with E-state index in [1.165, 1.54) is 5.56 Å². The Morgan fingerprint density at radius 2 is 2.00 bits per heavy atom. The molecule has 1 aliphatic rings. The van der Waals surface area contributed by atoms with E-state index in [-0.39, 0.29) is 6.04 Å². The number of benzene rings is 1. The average Bonchev–Trinajstić information content (AvgIpc) is 2.66. The Kier molecular flexibility index (Phi) is 4.02. The highest BCUT2D eigenvalue weighted by Gasteiger charge is 2.28. The van der Waals surface area contributed by atoms with Gasteiger partial charge in [-0.1, -0.05) is 19.1 Å². The molecule has 1 saturated heterocycles. The van der Waals surface area contributed by atoms with Gasteiger partial charge in [0.05, 0.1) is 6.61 Å². The number of nitrogens with two attached hydrogens (primary N) is 1. The number of likely N-dealkylation sites (tertiary alicyclic amines) is 1. The van der Waals surface area contributed by atoms with Crippen LogP contribution < -0.4 is 10.5 Å². The number of hydrogen-bond donors (Lipinski definition) is 1. The number of likely N-dealkylation sites (N-methyl/N-ethyl adjacent to an activating group) is 1. The second-order valence-electron chi connectivity index (χ2n) is 4.91. The van der Waals surface area contributed by atoms with Crippen LogP contribution in [0.4, 0.5) is 0 Å². The first-order valence-corrected chi connectivity index (χ1v) is 6.37. The van der Waals surface area contributed by atoms with Crippen molar-refractivity contribution in [3.8, 4) is 5.75 Å². The predicted molar refractivity (Wildman–Crippen MR) is 70.4 cm³/mol. The van der Waals surface area contributed by atoms with E-state index >= 15 is 0 Å². The SMILES string of the molecule is CCCOc1ccc([C@H]2CN(C)C[C@H]2N)cc1. The van der Waals surface area contributed by atoms with Gasteiger partial charge in [-0.25, -0.2) is 0 Å². The minimum Gasteiger partial charge on any atom is -0.494 e. The van der Waals surface area contributed by atoms with Crippen LogP contribution in [0.3, 0.4) is 0 Å².